The van der Waals surface area contributed by atoms with Crippen molar-refractivity contribution < 1.29 is 24.2 Å². The van der Waals surface area contributed by atoms with E-state index in [1.165, 1.54) is 102 Å². The van der Waals surface area contributed by atoms with Crippen LogP contribution in [-0.2, 0) is 19.1 Å². The molecule has 1 rings (SSSR count). The molecular formula is C27H48O5S. The first-order valence-electron chi connectivity index (χ1n) is 13.2. The van der Waals surface area contributed by atoms with Crippen LogP contribution in [0.15, 0.2) is 11.6 Å². The maximum absolute atomic E-state index is 11.7. The topological polar surface area (TPSA) is 72.8 Å². The highest BCUT2D eigenvalue weighted by Gasteiger charge is 2.35. The zero-order valence-electron chi connectivity index (χ0n) is 21.3. The number of ether oxygens (including phenoxy) is 2. The molecule has 5 nitrogen and oxygen atoms in total. The summed E-state index contributed by atoms with van der Waals surface area (Å²) in [6.07, 6.45) is 20.2. The monoisotopic (exact) mass is 484 g/mol. The van der Waals surface area contributed by atoms with Gasteiger partial charge in [0.1, 0.15) is 0 Å². The summed E-state index contributed by atoms with van der Waals surface area (Å²) in [6.45, 7) is 2.26. The molecule has 0 unspecified atom stereocenters. The standard InChI is InChI=1S/C27H48O5S/c1-4-5-6-7-8-9-10-11-12-13-14-15-16-23-18-17-22(19-20-24(28)31-2)26(30)27(23)33-21-25(29)32-3/h16,22,26-27,30H,4-15,17-21H2,1-3H3/t22-,26-,27-/m0/s1. The van der Waals surface area contributed by atoms with Gasteiger partial charge in [0, 0.05) is 6.42 Å². The molecule has 1 aliphatic rings. The summed E-state index contributed by atoms with van der Waals surface area (Å²) < 4.78 is 9.53. The highest BCUT2D eigenvalue weighted by Crippen LogP contribution is 2.39. The highest BCUT2D eigenvalue weighted by atomic mass is 32.2. The number of esters is 2. The van der Waals surface area contributed by atoms with Gasteiger partial charge >= 0.3 is 11.9 Å². The molecule has 1 N–H and O–H groups in total. The Morgan fingerprint density at radius 3 is 2.09 bits per heavy atom. The third-order valence-corrected chi connectivity index (χ3v) is 8.08. The number of carbonyl (C=O) groups excluding carboxylic acids is 2. The van der Waals surface area contributed by atoms with Gasteiger partial charge in [0.2, 0.25) is 0 Å². The fourth-order valence-electron chi connectivity index (χ4n) is 4.59. The molecule has 0 saturated heterocycles. The summed E-state index contributed by atoms with van der Waals surface area (Å²) in [5.41, 5.74) is 1.25. The van der Waals surface area contributed by atoms with Gasteiger partial charge in [0.25, 0.3) is 0 Å². The van der Waals surface area contributed by atoms with Crippen LogP contribution >= 0.6 is 11.8 Å². The first-order valence-corrected chi connectivity index (χ1v) is 14.2. The van der Waals surface area contributed by atoms with Gasteiger partial charge in [0.05, 0.1) is 31.3 Å². The minimum atomic E-state index is -0.554. The number of aliphatic hydroxyl groups is 1. The first-order chi connectivity index (χ1) is 16.0. The Morgan fingerprint density at radius 2 is 1.52 bits per heavy atom. The highest BCUT2D eigenvalue weighted by molar-refractivity contribution is 8.00. The zero-order chi connectivity index (χ0) is 24.3. The number of methoxy groups -OCH3 is 2. The maximum Gasteiger partial charge on any atom is 0.315 e. The van der Waals surface area contributed by atoms with E-state index in [1.54, 1.807) is 0 Å². The number of carbonyl (C=O) groups is 2. The van der Waals surface area contributed by atoms with Crippen molar-refractivity contribution >= 4 is 23.7 Å². The predicted molar refractivity (Wildman–Crippen MR) is 137 cm³/mol. The lowest BCUT2D eigenvalue weighted by atomic mass is 9.80. The Balaban J connectivity index is 2.39. The van der Waals surface area contributed by atoms with Gasteiger partial charge in [-0.15, -0.1) is 11.8 Å². The van der Waals surface area contributed by atoms with E-state index in [0.29, 0.717) is 12.8 Å². The van der Waals surface area contributed by atoms with Crippen LogP contribution in [0.25, 0.3) is 0 Å². The molecule has 192 valence electrons. The Bertz CT molecular complexity index is 563. The third-order valence-electron chi connectivity index (χ3n) is 6.73. The molecule has 0 heterocycles. The summed E-state index contributed by atoms with van der Waals surface area (Å²) in [4.78, 5) is 23.2. The summed E-state index contributed by atoms with van der Waals surface area (Å²) in [7, 11) is 2.78. The Kier molecular flexibility index (Phi) is 17.6. The second-order valence-electron chi connectivity index (χ2n) is 9.32. The van der Waals surface area contributed by atoms with Crippen molar-refractivity contribution in [2.75, 3.05) is 20.0 Å². The van der Waals surface area contributed by atoms with Crippen molar-refractivity contribution in [3.05, 3.63) is 11.6 Å². The van der Waals surface area contributed by atoms with Crippen LogP contribution in [-0.4, -0.2) is 48.4 Å². The zero-order valence-corrected chi connectivity index (χ0v) is 22.1. The number of allylic oxidation sites excluding steroid dienone is 1. The fourth-order valence-corrected chi connectivity index (χ4v) is 5.87. The molecular weight excluding hydrogens is 436 g/mol. The Hall–Kier alpha value is -1.01. The quantitative estimate of drug-likeness (QED) is 0.134. The number of hydrogen-bond donors (Lipinski definition) is 1. The van der Waals surface area contributed by atoms with Gasteiger partial charge in [-0.05, 0) is 38.0 Å². The molecule has 0 amide bonds. The third kappa shape index (κ3) is 13.5. The average molecular weight is 485 g/mol. The van der Waals surface area contributed by atoms with Crippen molar-refractivity contribution in [2.24, 2.45) is 5.92 Å². The van der Waals surface area contributed by atoms with Crippen LogP contribution < -0.4 is 0 Å². The molecule has 0 spiro atoms. The molecule has 0 aliphatic heterocycles. The SMILES string of the molecule is CCCCCCCCCCCCCC=C1CC[C@@H](CCC(=O)OC)[C@H](O)[C@H]1SCC(=O)OC. The van der Waals surface area contributed by atoms with E-state index in [1.807, 2.05) is 0 Å². The molecule has 3 atom stereocenters. The lowest BCUT2D eigenvalue weighted by Gasteiger charge is -2.36. The van der Waals surface area contributed by atoms with Gasteiger partial charge in [-0.1, -0.05) is 82.8 Å². The molecule has 0 bridgehead atoms. The van der Waals surface area contributed by atoms with E-state index in [-0.39, 0.29) is 28.9 Å². The van der Waals surface area contributed by atoms with Crippen LogP contribution in [0.2, 0.25) is 0 Å². The fraction of sp³-hybridized carbons (Fsp3) is 0.852. The van der Waals surface area contributed by atoms with Crippen LogP contribution in [0.3, 0.4) is 0 Å². The van der Waals surface area contributed by atoms with Crippen LogP contribution in [0, 0.1) is 5.92 Å². The molecule has 0 aromatic carbocycles. The molecule has 1 fully saturated rings. The first kappa shape index (κ1) is 30.0. The van der Waals surface area contributed by atoms with Crippen LogP contribution in [0.5, 0.6) is 0 Å². The minimum Gasteiger partial charge on any atom is -0.469 e. The van der Waals surface area contributed by atoms with Crippen molar-refractivity contribution in [1.29, 1.82) is 0 Å². The van der Waals surface area contributed by atoms with Crippen LogP contribution in [0.4, 0.5) is 0 Å². The van der Waals surface area contributed by atoms with Gasteiger partial charge in [-0.25, -0.2) is 0 Å². The van der Waals surface area contributed by atoms with Gasteiger partial charge in [-0.2, -0.15) is 0 Å². The summed E-state index contributed by atoms with van der Waals surface area (Å²) in [5, 5.41) is 10.9. The van der Waals surface area contributed by atoms with Gasteiger partial charge in [-0.3, -0.25) is 9.59 Å². The average Bonchev–Trinajstić information content (AvgIpc) is 2.83. The van der Waals surface area contributed by atoms with E-state index >= 15 is 0 Å². The Morgan fingerprint density at radius 1 is 0.939 bits per heavy atom. The Labute approximate surface area is 206 Å². The maximum atomic E-state index is 11.7. The summed E-state index contributed by atoms with van der Waals surface area (Å²) in [6, 6.07) is 0. The number of hydrogen-bond acceptors (Lipinski definition) is 6. The lowest BCUT2D eigenvalue weighted by Crippen LogP contribution is -2.38. The minimum absolute atomic E-state index is 0.0540. The van der Waals surface area contributed by atoms with Crippen LogP contribution in [0.1, 0.15) is 110 Å². The van der Waals surface area contributed by atoms with E-state index in [9.17, 15) is 14.7 Å². The molecule has 1 saturated carbocycles. The van der Waals surface area contributed by atoms with E-state index in [2.05, 4.69) is 13.0 Å². The number of unbranched alkanes of at least 4 members (excludes halogenated alkanes) is 11. The lowest BCUT2D eigenvalue weighted by molar-refractivity contribution is -0.141. The molecule has 1 aliphatic carbocycles. The van der Waals surface area contributed by atoms with Crippen molar-refractivity contribution in [1.82, 2.24) is 0 Å². The summed E-state index contributed by atoms with van der Waals surface area (Å²) >= 11 is 1.47. The van der Waals surface area contributed by atoms with Gasteiger partial charge < -0.3 is 14.6 Å². The largest absolute Gasteiger partial charge is 0.469 e. The second kappa shape index (κ2) is 19.3. The normalized spacial score (nSPS) is 21.8. The number of rotatable bonds is 18. The van der Waals surface area contributed by atoms with E-state index in [0.717, 1.165) is 19.3 Å². The second-order valence-corrected chi connectivity index (χ2v) is 10.4. The molecule has 0 aromatic heterocycles. The van der Waals surface area contributed by atoms with Crippen molar-refractivity contribution in [2.45, 2.75) is 121 Å². The predicted octanol–water partition coefficient (Wildman–Crippen LogP) is 6.61. The molecule has 0 aromatic rings. The molecule has 0 radical (unpaired) electrons. The number of thioether (sulfide) groups is 1. The number of aliphatic hydroxyl groups excluding tert-OH is 1. The van der Waals surface area contributed by atoms with Gasteiger partial charge in [0.15, 0.2) is 0 Å². The summed E-state index contributed by atoms with van der Waals surface area (Å²) in [5.74, 6) is -0.219. The van der Waals surface area contributed by atoms with E-state index in [4.69, 9.17) is 9.47 Å². The molecule has 33 heavy (non-hydrogen) atoms. The van der Waals surface area contributed by atoms with E-state index < -0.39 is 6.10 Å². The smallest absolute Gasteiger partial charge is 0.315 e. The molecule has 6 heteroatoms. The van der Waals surface area contributed by atoms with Crippen molar-refractivity contribution in [3.63, 3.8) is 0 Å². The van der Waals surface area contributed by atoms with Crippen molar-refractivity contribution in [3.8, 4) is 0 Å².